The molecule has 0 radical (unpaired) electrons. The van der Waals surface area contributed by atoms with Gasteiger partial charge in [-0.1, -0.05) is 6.58 Å². The Kier molecular flexibility index (Phi) is 6.88. The van der Waals surface area contributed by atoms with Crippen LogP contribution in [-0.2, 0) is 23.9 Å². The minimum absolute atomic E-state index is 0.192. The Morgan fingerprint density at radius 2 is 2.00 bits per heavy atom. The summed E-state index contributed by atoms with van der Waals surface area (Å²) in [6.45, 7) is 4.68. The number of ketones is 1. The highest BCUT2D eigenvalue weighted by molar-refractivity contribution is 5.95. The number of hydrogen-bond acceptors (Lipinski definition) is 5. The predicted molar refractivity (Wildman–Crippen MR) is 51.8 cm³/mol. The van der Waals surface area contributed by atoms with Gasteiger partial charge in [0.25, 0.3) is 0 Å². The van der Waals surface area contributed by atoms with Crippen molar-refractivity contribution in [2.45, 2.75) is 26.2 Å². The quantitative estimate of drug-likeness (QED) is 0.273. The van der Waals surface area contributed by atoms with E-state index in [4.69, 9.17) is 0 Å². The fourth-order valence-corrected chi connectivity index (χ4v) is 0.869. The summed E-state index contributed by atoms with van der Waals surface area (Å²) in [7, 11) is 0. The molecule has 0 amide bonds. The second kappa shape index (κ2) is 7.73. The Morgan fingerprint density at radius 3 is 2.53 bits per heavy atom. The molecule has 0 rings (SSSR count). The van der Waals surface area contributed by atoms with Crippen molar-refractivity contribution in [3.8, 4) is 0 Å². The smallest absolute Gasteiger partial charge is 0.318 e. The summed E-state index contributed by atoms with van der Waals surface area (Å²) >= 11 is 0. The van der Waals surface area contributed by atoms with Gasteiger partial charge in [0.2, 0.25) is 0 Å². The number of ether oxygens (including phenoxy) is 2. The first kappa shape index (κ1) is 13.4. The van der Waals surface area contributed by atoms with Gasteiger partial charge < -0.3 is 9.47 Å². The van der Waals surface area contributed by atoms with Crippen LogP contribution in [0.4, 0.5) is 0 Å². The fraction of sp³-hybridized carbons (Fsp3) is 0.500. The molecule has 15 heavy (non-hydrogen) atoms. The lowest BCUT2D eigenvalue weighted by Crippen LogP contribution is -2.10. The van der Waals surface area contributed by atoms with Crippen LogP contribution in [0.3, 0.4) is 0 Å². The number of esters is 2. The molecule has 0 bridgehead atoms. The molecule has 0 aliphatic carbocycles. The molecule has 0 unspecified atom stereocenters. The SMILES string of the molecule is C=COC(=O)CC(=O)CCCOC(C)=O. The molecule has 84 valence electrons. The van der Waals surface area contributed by atoms with Gasteiger partial charge in [0.1, 0.15) is 12.2 Å². The van der Waals surface area contributed by atoms with Crippen LogP contribution in [0.25, 0.3) is 0 Å². The molecular weight excluding hydrogens is 200 g/mol. The molecule has 0 spiro atoms. The van der Waals surface area contributed by atoms with Gasteiger partial charge in [0.15, 0.2) is 0 Å². The summed E-state index contributed by atoms with van der Waals surface area (Å²) < 4.78 is 9.00. The Hall–Kier alpha value is -1.65. The summed E-state index contributed by atoms with van der Waals surface area (Å²) in [6, 6.07) is 0. The summed E-state index contributed by atoms with van der Waals surface area (Å²) in [4.78, 5) is 32.3. The van der Waals surface area contributed by atoms with E-state index >= 15 is 0 Å². The van der Waals surface area contributed by atoms with E-state index in [0.29, 0.717) is 6.42 Å². The predicted octanol–water partition coefficient (Wildman–Crippen LogP) is 0.976. The van der Waals surface area contributed by atoms with Crippen LogP contribution in [0.1, 0.15) is 26.2 Å². The molecule has 0 heterocycles. The van der Waals surface area contributed by atoms with Gasteiger partial charge in [0.05, 0.1) is 12.9 Å². The third kappa shape index (κ3) is 8.67. The molecule has 0 aromatic carbocycles. The van der Waals surface area contributed by atoms with E-state index in [1.165, 1.54) is 6.92 Å². The maximum Gasteiger partial charge on any atom is 0.318 e. The van der Waals surface area contributed by atoms with Crippen LogP contribution in [0.15, 0.2) is 12.8 Å². The molecular formula is C10H14O5. The van der Waals surface area contributed by atoms with Crippen molar-refractivity contribution in [2.24, 2.45) is 0 Å². The average Bonchev–Trinajstić information content (AvgIpc) is 2.12. The maximum absolute atomic E-state index is 11.1. The van der Waals surface area contributed by atoms with Gasteiger partial charge in [0, 0.05) is 13.3 Å². The van der Waals surface area contributed by atoms with Crippen molar-refractivity contribution in [3.05, 3.63) is 12.8 Å². The standard InChI is InChI=1S/C10H14O5/c1-3-14-10(13)7-9(12)5-4-6-15-8(2)11/h3H,1,4-7H2,2H3. The van der Waals surface area contributed by atoms with Crippen molar-refractivity contribution in [1.82, 2.24) is 0 Å². The second-order valence-corrected chi connectivity index (χ2v) is 2.82. The molecule has 5 heteroatoms. The lowest BCUT2D eigenvalue weighted by atomic mass is 10.2. The molecule has 0 aromatic rings. The van der Waals surface area contributed by atoms with E-state index in [9.17, 15) is 14.4 Å². The average molecular weight is 214 g/mol. The molecule has 0 saturated heterocycles. The normalized spacial score (nSPS) is 9.13. The monoisotopic (exact) mass is 214 g/mol. The first-order chi connectivity index (χ1) is 7.06. The molecule has 0 aromatic heterocycles. The van der Waals surface area contributed by atoms with Crippen LogP contribution >= 0.6 is 0 Å². The Bertz CT molecular complexity index is 257. The third-order valence-corrected chi connectivity index (χ3v) is 1.46. The lowest BCUT2D eigenvalue weighted by molar-refractivity contribution is -0.143. The number of carbonyl (C=O) groups excluding carboxylic acids is 3. The topological polar surface area (TPSA) is 69.7 Å². The van der Waals surface area contributed by atoms with E-state index in [0.717, 1.165) is 6.26 Å². The minimum Gasteiger partial charge on any atom is -0.466 e. The second-order valence-electron chi connectivity index (χ2n) is 2.82. The molecule has 0 saturated carbocycles. The van der Waals surface area contributed by atoms with Crippen LogP contribution in [0.2, 0.25) is 0 Å². The molecule has 0 N–H and O–H groups in total. The number of carbonyl (C=O) groups is 3. The van der Waals surface area contributed by atoms with Gasteiger partial charge in [-0.25, -0.2) is 0 Å². The van der Waals surface area contributed by atoms with Crippen LogP contribution in [0, 0.1) is 0 Å². The zero-order valence-electron chi connectivity index (χ0n) is 8.65. The molecule has 0 fully saturated rings. The number of Topliss-reactive ketones (excluding diaryl/α,β-unsaturated/α-hetero) is 1. The van der Waals surface area contributed by atoms with Crippen LogP contribution in [-0.4, -0.2) is 24.3 Å². The zero-order chi connectivity index (χ0) is 11.7. The number of hydrogen-bond donors (Lipinski definition) is 0. The summed E-state index contributed by atoms with van der Waals surface area (Å²) in [5.41, 5.74) is 0. The molecule has 0 aliphatic heterocycles. The maximum atomic E-state index is 11.1. The Labute approximate surface area is 88.0 Å². The highest BCUT2D eigenvalue weighted by atomic mass is 16.5. The number of rotatable bonds is 7. The van der Waals surface area contributed by atoms with Crippen molar-refractivity contribution < 1.29 is 23.9 Å². The van der Waals surface area contributed by atoms with Crippen molar-refractivity contribution >= 4 is 17.7 Å². The van der Waals surface area contributed by atoms with Gasteiger partial charge >= 0.3 is 11.9 Å². The zero-order valence-corrected chi connectivity index (χ0v) is 8.65. The molecule has 0 aliphatic rings. The lowest BCUT2D eigenvalue weighted by Gasteiger charge is -2.01. The van der Waals surface area contributed by atoms with Crippen LogP contribution < -0.4 is 0 Å². The molecule has 5 nitrogen and oxygen atoms in total. The fourth-order valence-electron chi connectivity index (χ4n) is 0.869. The van der Waals surface area contributed by atoms with Crippen molar-refractivity contribution in [2.75, 3.05) is 6.61 Å². The largest absolute Gasteiger partial charge is 0.466 e. The first-order valence-corrected chi connectivity index (χ1v) is 4.51. The van der Waals surface area contributed by atoms with E-state index in [1.807, 2.05) is 0 Å². The van der Waals surface area contributed by atoms with E-state index in [2.05, 4.69) is 16.1 Å². The van der Waals surface area contributed by atoms with E-state index in [-0.39, 0.29) is 31.2 Å². The van der Waals surface area contributed by atoms with E-state index in [1.54, 1.807) is 0 Å². The van der Waals surface area contributed by atoms with Gasteiger partial charge in [-0.3, -0.25) is 14.4 Å². The van der Waals surface area contributed by atoms with Gasteiger partial charge in [-0.15, -0.1) is 0 Å². The molecule has 0 atom stereocenters. The highest BCUT2D eigenvalue weighted by Gasteiger charge is 2.09. The van der Waals surface area contributed by atoms with Crippen LogP contribution in [0.5, 0.6) is 0 Å². The summed E-state index contributed by atoms with van der Waals surface area (Å²) in [5, 5.41) is 0. The Balaban J connectivity index is 3.53. The van der Waals surface area contributed by atoms with Gasteiger partial charge in [-0.05, 0) is 6.42 Å². The minimum atomic E-state index is -0.623. The van der Waals surface area contributed by atoms with Crippen molar-refractivity contribution in [3.63, 3.8) is 0 Å². The van der Waals surface area contributed by atoms with Crippen molar-refractivity contribution in [1.29, 1.82) is 0 Å². The summed E-state index contributed by atoms with van der Waals surface area (Å²) in [5.74, 6) is -1.25. The Morgan fingerprint density at radius 1 is 1.33 bits per heavy atom. The van der Waals surface area contributed by atoms with E-state index < -0.39 is 5.97 Å². The first-order valence-electron chi connectivity index (χ1n) is 4.51. The summed E-state index contributed by atoms with van der Waals surface area (Å²) in [6.07, 6.45) is 1.32. The highest BCUT2D eigenvalue weighted by Crippen LogP contribution is 1.98. The van der Waals surface area contributed by atoms with Gasteiger partial charge in [-0.2, -0.15) is 0 Å². The third-order valence-electron chi connectivity index (χ3n) is 1.46.